The fourth-order valence-electron chi connectivity index (χ4n) is 3.99. The van der Waals surface area contributed by atoms with Crippen molar-refractivity contribution in [2.75, 3.05) is 6.61 Å². The second-order valence-electron chi connectivity index (χ2n) is 7.81. The average molecular weight is 339 g/mol. The molecule has 0 radical (unpaired) electrons. The van der Waals surface area contributed by atoms with Crippen LogP contribution in [0.5, 0.6) is 0 Å². The van der Waals surface area contributed by atoms with E-state index in [0.717, 1.165) is 30.5 Å². The molecule has 2 fully saturated rings. The quantitative estimate of drug-likeness (QED) is 0.927. The van der Waals surface area contributed by atoms with Crippen molar-refractivity contribution in [1.29, 1.82) is 5.26 Å². The topological polar surface area (TPSA) is 87.6 Å². The van der Waals surface area contributed by atoms with E-state index in [1.165, 1.54) is 0 Å². The van der Waals surface area contributed by atoms with E-state index < -0.39 is 11.4 Å². The van der Waals surface area contributed by atoms with Crippen molar-refractivity contribution in [1.82, 2.24) is 9.61 Å². The Morgan fingerprint density at radius 3 is 2.80 bits per heavy atom. The number of pyridine rings is 1. The summed E-state index contributed by atoms with van der Waals surface area (Å²) in [5.74, 6) is -0.714. The number of fused-ring (bicyclic) bond motifs is 1. The van der Waals surface area contributed by atoms with Crippen LogP contribution >= 0.6 is 0 Å². The van der Waals surface area contributed by atoms with Crippen LogP contribution in [0, 0.1) is 11.3 Å². The minimum atomic E-state index is -1.08. The summed E-state index contributed by atoms with van der Waals surface area (Å²) in [4.78, 5) is 11.7. The molecular formula is C19H21N3O3. The first-order chi connectivity index (χ1) is 11.9. The lowest BCUT2D eigenvalue weighted by atomic mass is 9.84. The SMILES string of the molecule is CC1(C)CC(c2ccc3c(C4(C#N)CC4)c(C(=O)O)nn3c2)CCO1. The lowest BCUT2D eigenvalue weighted by Crippen LogP contribution is -2.33. The van der Waals surface area contributed by atoms with Gasteiger partial charge >= 0.3 is 5.97 Å². The van der Waals surface area contributed by atoms with Gasteiger partial charge in [-0.1, -0.05) is 6.07 Å². The molecule has 6 nitrogen and oxygen atoms in total. The van der Waals surface area contributed by atoms with E-state index in [9.17, 15) is 15.2 Å². The minimum absolute atomic E-state index is 0.00325. The molecular weight excluding hydrogens is 318 g/mol. The molecule has 130 valence electrons. The number of nitriles is 1. The van der Waals surface area contributed by atoms with Crippen molar-refractivity contribution >= 4 is 11.5 Å². The van der Waals surface area contributed by atoms with Crippen LogP contribution in [-0.4, -0.2) is 32.9 Å². The molecule has 1 saturated heterocycles. The first-order valence-corrected chi connectivity index (χ1v) is 8.66. The Kier molecular flexibility index (Phi) is 3.41. The maximum Gasteiger partial charge on any atom is 0.356 e. The molecule has 2 aromatic rings. The van der Waals surface area contributed by atoms with Crippen LogP contribution in [0.1, 0.15) is 67.1 Å². The number of hydrogen-bond donors (Lipinski definition) is 1. The molecule has 2 aromatic heterocycles. The van der Waals surface area contributed by atoms with Crippen LogP contribution in [-0.2, 0) is 10.2 Å². The van der Waals surface area contributed by atoms with Crippen molar-refractivity contribution in [3.05, 3.63) is 35.2 Å². The third-order valence-electron chi connectivity index (χ3n) is 5.47. The highest BCUT2D eigenvalue weighted by Gasteiger charge is 2.49. The first-order valence-electron chi connectivity index (χ1n) is 8.66. The molecule has 0 aromatic carbocycles. The molecule has 1 saturated carbocycles. The predicted molar refractivity (Wildman–Crippen MR) is 90.7 cm³/mol. The Hall–Kier alpha value is -2.39. The highest BCUT2D eigenvalue weighted by Crippen LogP contribution is 2.50. The van der Waals surface area contributed by atoms with Crippen molar-refractivity contribution in [3.63, 3.8) is 0 Å². The van der Waals surface area contributed by atoms with Gasteiger partial charge in [-0.05, 0) is 57.1 Å². The fraction of sp³-hybridized carbons (Fsp3) is 0.526. The second-order valence-corrected chi connectivity index (χ2v) is 7.81. The molecule has 1 atom stereocenters. The van der Waals surface area contributed by atoms with Gasteiger partial charge in [0.05, 0.1) is 22.6 Å². The summed E-state index contributed by atoms with van der Waals surface area (Å²) >= 11 is 0. The highest BCUT2D eigenvalue weighted by atomic mass is 16.5. The molecule has 0 bridgehead atoms. The molecule has 4 rings (SSSR count). The Labute approximate surface area is 146 Å². The number of aromatic nitrogens is 2. The Bertz CT molecular complexity index is 903. The zero-order valence-corrected chi connectivity index (χ0v) is 14.5. The normalized spacial score (nSPS) is 24.0. The summed E-state index contributed by atoms with van der Waals surface area (Å²) in [6.45, 7) is 4.91. The summed E-state index contributed by atoms with van der Waals surface area (Å²) < 4.78 is 7.44. The average Bonchev–Trinajstić information content (AvgIpc) is 3.26. The molecule has 1 aliphatic heterocycles. The van der Waals surface area contributed by atoms with Crippen LogP contribution in [0.15, 0.2) is 18.3 Å². The number of ether oxygens (including phenoxy) is 1. The molecule has 1 unspecified atom stereocenters. The molecule has 0 amide bonds. The summed E-state index contributed by atoms with van der Waals surface area (Å²) in [6.07, 6.45) is 5.17. The van der Waals surface area contributed by atoms with E-state index in [0.29, 0.717) is 24.3 Å². The zero-order valence-electron chi connectivity index (χ0n) is 14.5. The Morgan fingerprint density at radius 2 is 2.20 bits per heavy atom. The molecule has 1 aliphatic carbocycles. The van der Waals surface area contributed by atoms with Gasteiger partial charge in [0.1, 0.15) is 0 Å². The zero-order chi connectivity index (χ0) is 17.8. The largest absolute Gasteiger partial charge is 0.476 e. The van der Waals surface area contributed by atoms with E-state index in [1.54, 1.807) is 4.52 Å². The highest BCUT2D eigenvalue weighted by molar-refractivity contribution is 5.91. The molecule has 2 aliphatic rings. The van der Waals surface area contributed by atoms with Gasteiger partial charge in [0, 0.05) is 18.4 Å². The summed E-state index contributed by atoms with van der Waals surface area (Å²) in [6, 6.07) is 6.27. The first kappa shape index (κ1) is 16.1. The lowest BCUT2D eigenvalue weighted by molar-refractivity contribution is -0.0593. The minimum Gasteiger partial charge on any atom is -0.476 e. The van der Waals surface area contributed by atoms with E-state index in [1.807, 2.05) is 18.3 Å². The van der Waals surface area contributed by atoms with Gasteiger partial charge in [-0.15, -0.1) is 0 Å². The van der Waals surface area contributed by atoms with Gasteiger partial charge in [-0.2, -0.15) is 10.4 Å². The van der Waals surface area contributed by atoms with E-state index >= 15 is 0 Å². The third-order valence-corrected chi connectivity index (χ3v) is 5.47. The second kappa shape index (κ2) is 5.30. The van der Waals surface area contributed by atoms with Crippen LogP contribution in [0.25, 0.3) is 5.52 Å². The van der Waals surface area contributed by atoms with Gasteiger partial charge in [0.15, 0.2) is 5.69 Å². The van der Waals surface area contributed by atoms with E-state index in [-0.39, 0.29) is 11.3 Å². The predicted octanol–water partition coefficient (Wildman–Crippen LogP) is 3.26. The number of carbonyl (C=O) groups is 1. The van der Waals surface area contributed by atoms with E-state index in [2.05, 4.69) is 25.0 Å². The van der Waals surface area contributed by atoms with Gasteiger partial charge in [-0.25, -0.2) is 9.31 Å². The van der Waals surface area contributed by atoms with Crippen LogP contribution < -0.4 is 0 Å². The van der Waals surface area contributed by atoms with Crippen LogP contribution in [0.4, 0.5) is 0 Å². The number of aromatic carboxylic acids is 1. The maximum absolute atomic E-state index is 11.7. The standard InChI is InChI=1S/C19H21N3O3/c1-18(2)9-12(5-8-25-18)13-3-4-14-15(19(11-20)6-7-19)16(17(23)24)21-22(14)10-13/h3-4,10,12H,5-9H2,1-2H3,(H,23,24). The lowest BCUT2D eigenvalue weighted by Gasteiger charge is -2.35. The Morgan fingerprint density at radius 1 is 1.44 bits per heavy atom. The Balaban J connectivity index is 1.80. The van der Waals surface area contributed by atoms with Gasteiger partial charge < -0.3 is 9.84 Å². The smallest absolute Gasteiger partial charge is 0.356 e. The molecule has 25 heavy (non-hydrogen) atoms. The number of carboxylic acids is 1. The van der Waals surface area contributed by atoms with Gasteiger partial charge in [-0.3, -0.25) is 0 Å². The molecule has 3 heterocycles. The van der Waals surface area contributed by atoms with Gasteiger partial charge in [0.2, 0.25) is 0 Å². The number of nitrogens with zero attached hydrogens (tertiary/aromatic N) is 3. The number of rotatable bonds is 3. The summed E-state index contributed by atoms with van der Waals surface area (Å²) in [5, 5.41) is 23.3. The third kappa shape index (κ3) is 2.59. The molecule has 1 N–H and O–H groups in total. The number of carboxylic acid groups (broad SMARTS) is 1. The monoisotopic (exact) mass is 339 g/mol. The number of hydrogen-bond acceptors (Lipinski definition) is 4. The van der Waals surface area contributed by atoms with Crippen molar-refractivity contribution < 1.29 is 14.6 Å². The summed E-state index contributed by atoms with van der Waals surface area (Å²) in [7, 11) is 0. The molecule has 6 heteroatoms. The van der Waals surface area contributed by atoms with Crippen LogP contribution in [0.2, 0.25) is 0 Å². The van der Waals surface area contributed by atoms with Crippen molar-refractivity contribution in [3.8, 4) is 6.07 Å². The van der Waals surface area contributed by atoms with Crippen molar-refractivity contribution in [2.45, 2.75) is 56.5 Å². The fourth-order valence-corrected chi connectivity index (χ4v) is 3.99. The summed E-state index contributed by atoms with van der Waals surface area (Å²) in [5.41, 5.74) is 1.60. The van der Waals surface area contributed by atoms with E-state index in [4.69, 9.17) is 4.74 Å². The molecule has 0 spiro atoms. The van der Waals surface area contributed by atoms with Crippen molar-refractivity contribution in [2.24, 2.45) is 0 Å². The van der Waals surface area contributed by atoms with Gasteiger partial charge in [0.25, 0.3) is 0 Å². The maximum atomic E-state index is 11.7. The van der Waals surface area contributed by atoms with Crippen LogP contribution in [0.3, 0.4) is 0 Å².